The fourth-order valence-electron chi connectivity index (χ4n) is 4.14. The van der Waals surface area contributed by atoms with E-state index >= 15 is 0 Å². The third-order valence-corrected chi connectivity index (χ3v) is 5.91. The van der Waals surface area contributed by atoms with Crippen LogP contribution in [0.15, 0.2) is 48.8 Å². The summed E-state index contributed by atoms with van der Waals surface area (Å²) in [5.41, 5.74) is 6.95. The number of benzene rings is 2. The third kappa shape index (κ3) is 4.11. The van der Waals surface area contributed by atoms with Crippen LogP contribution in [0.25, 0.3) is 11.1 Å². The summed E-state index contributed by atoms with van der Waals surface area (Å²) in [4.78, 5) is 15.0. The van der Waals surface area contributed by atoms with Crippen LogP contribution in [0.5, 0.6) is 5.75 Å². The Morgan fingerprint density at radius 2 is 2.00 bits per heavy atom. The van der Waals surface area contributed by atoms with Gasteiger partial charge in [0.05, 0.1) is 12.8 Å². The van der Waals surface area contributed by atoms with E-state index in [0.29, 0.717) is 19.4 Å². The van der Waals surface area contributed by atoms with Crippen LogP contribution in [0.3, 0.4) is 0 Å². The molecule has 1 amide bonds. The van der Waals surface area contributed by atoms with Crippen LogP contribution in [0.4, 0.5) is 5.69 Å². The van der Waals surface area contributed by atoms with Gasteiger partial charge in [0.1, 0.15) is 5.75 Å². The Kier molecular flexibility index (Phi) is 5.88. The lowest BCUT2D eigenvalue weighted by molar-refractivity contribution is -0.118. The van der Waals surface area contributed by atoms with Crippen molar-refractivity contribution in [3.63, 3.8) is 0 Å². The number of ether oxygens (including phenoxy) is 1. The molecule has 1 aliphatic rings. The lowest BCUT2D eigenvalue weighted by atomic mass is 9.93. The highest BCUT2D eigenvalue weighted by Gasteiger charge is 2.24. The number of carbonyl (C=O) groups excluding carboxylic acids is 1. The molecule has 0 saturated carbocycles. The summed E-state index contributed by atoms with van der Waals surface area (Å²) >= 11 is 0. The zero-order valence-corrected chi connectivity index (χ0v) is 18.0. The van der Waals surface area contributed by atoms with Crippen molar-refractivity contribution in [1.29, 1.82) is 0 Å². The maximum atomic E-state index is 13.0. The number of amides is 1. The van der Waals surface area contributed by atoms with Gasteiger partial charge in [0.15, 0.2) is 0 Å². The zero-order valence-electron chi connectivity index (χ0n) is 18.0. The van der Waals surface area contributed by atoms with Gasteiger partial charge in [-0.05, 0) is 67.5 Å². The van der Waals surface area contributed by atoms with E-state index in [1.807, 2.05) is 47.2 Å². The first-order valence-corrected chi connectivity index (χ1v) is 10.6. The Hall–Kier alpha value is -3.08. The molecule has 1 aromatic heterocycles. The lowest BCUT2D eigenvalue weighted by Gasteiger charge is -2.31. The van der Waals surface area contributed by atoms with Gasteiger partial charge in [-0.3, -0.25) is 9.48 Å². The summed E-state index contributed by atoms with van der Waals surface area (Å²) < 4.78 is 7.74. The quantitative estimate of drug-likeness (QED) is 0.553. The molecular formula is C25H29N3O2. The van der Waals surface area contributed by atoms with Crippen LogP contribution >= 0.6 is 0 Å². The van der Waals surface area contributed by atoms with Gasteiger partial charge in [0, 0.05) is 37.5 Å². The van der Waals surface area contributed by atoms with Crippen LogP contribution in [-0.2, 0) is 18.3 Å². The molecule has 2 aromatic carbocycles. The maximum Gasteiger partial charge on any atom is 0.227 e. The standard InChI is InChI=1S/C25H29N3O2/c1-18-8-4-12-24(19(18)2)30-15-7-13-25(29)28-14-6-10-22-21(9-5-11-23(22)28)20-16-26-27(3)17-20/h4-5,8-9,11-12,16-17H,6-7,10,13-15H2,1-3H3. The van der Waals surface area contributed by atoms with Crippen molar-refractivity contribution in [1.82, 2.24) is 9.78 Å². The van der Waals surface area contributed by atoms with Gasteiger partial charge < -0.3 is 9.64 Å². The number of anilines is 1. The predicted octanol–water partition coefficient (Wildman–Crippen LogP) is 4.84. The molecule has 0 aliphatic carbocycles. The van der Waals surface area contributed by atoms with Crippen molar-refractivity contribution >= 4 is 11.6 Å². The first-order chi connectivity index (χ1) is 14.5. The molecular weight excluding hydrogens is 374 g/mol. The highest BCUT2D eigenvalue weighted by atomic mass is 16.5. The van der Waals surface area contributed by atoms with E-state index in [1.54, 1.807) is 0 Å². The average Bonchev–Trinajstić information content (AvgIpc) is 3.19. The van der Waals surface area contributed by atoms with E-state index < -0.39 is 0 Å². The van der Waals surface area contributed by atoms with E-state index in [4.69, 9.17) is 4.74 Å². The van der Waals surface area contributed by atoms with Crippen molar-refractivity contribution in [2.45, 2.75) is 39.5 Å². The van der Waals surface area contributed by atoms with Crippen LogP contribution in [-0.4, -0.2) is 28.8 Å². The minimum absolute atomic E-state index is 0.170. The van der Waals surface area contributed by atoms with Gasteiger partial charge in [-0.15, -0.1) is 0 Å². The summed E-state index contributed by atoms with van der Waals surface area (Å²) in [6.45, 7) is 5.48. The number of fused-ring (bicyclic) bond motifs is 1. The molecule has 0 spiro atoms. The molecule has 0 N–H and O–H groups in total. The van der Waals surface area contributed by atoms with Crippen LogP contribution in [0.2, 0.25) is 0 Å². The Bertz CT molecular complexity index is 1050. The predicted molar refractivity (Wildman–Crippen MR) is 120 cm³/mol. The van der Waals surface area contributed by atoms with Crippen LogP contribution in [0.1, 0.15) is 36.0 Å². The number of carbonyl (C=O) groups is 1. The minimum Gasteiger partial charge on any atom is -0.493 e. The maximum absolute atomic E-state index is 13.0. The molecule has 30 heavy (non-hydrogen) atoms. The Morgan fingerprint density at radius 1 is 1.17 bits per heavy atom. The lowest BCUT2D eigenvalue weighted by Crippen LogP contribution is -2.35. The third-order valence-electron chi connectivity index (χ3n) is 5.91. The summed E-state index contributed by atoms with van der Waals surface area (Å²) in [6, 6.07) is 12.3. The SMILES string of the molecule is Cc1cccc(OCCCC(=O)N2CCCc3c(-c4cnn(C)c4)cccc32)c1C. The minimum atomic E-state index is 0.170. The number of aryl methyl sites for hydroxylation is 2. The molecule has 0 unspecified atom stereocenters. The largest absolute Gasteiger partial charge is 0.493 e. The number of nitrogens with zero attached hydrogens (tertiary/aromatic N) is 3. The number of rotatable bonds is 6. The molecule has 4 rings (SSSR count). The monoisotopic (exact) mass is 403 g/mol. The van der Waals surface area contributed by atoms with Gasteiger partial charge in [0.25, 0.3) is 0 Å². The molecule has 0 saturated heterocycles. The molecule has 0 atom stereocenters. The van der Waals surface area contributed by atoms with Crippen molar-refractivity contribution in [2.24, 2.45) is 7.05 Å². The number of aromatic nitrogens is 2. The Balaban J connectivity index is 1.42. The van der Waals surface area contributed by atoms with Crippen LogP contribution in [0, 0.1) is 13.8 Å². The topological polar surface area (TPSA) is 47.4 Å². The van der Waals surface area contributed by atoms with Crippen molar-refractivity contribution < 1.29 is 9.53 Å². The fourth-order valence-corrected chi connectivity index (χ4v) is 4.14. The highest BCUT2D eigenvalue weighted by Crippen LogP contribution is 2.35. The van der Waals surface area contributed by atoms with Crippen molar-refractivity contribution in [3.05, 3.63) is 65.5 Å². The van der Waals surface area contributed by atoms with Gasteiger partial charge in [0.2, 0.25) is 5.91 Å². The molecule has 5 nitrogen and oxygen atoms in total. The Labute approximate surface area is 178 Å². The first kappa shape index (κ1) is 20.2. The van der Waals surface area contributed by atoms with E-state index in [2.05, 4.69) is 37.1 Å². The van der Waals surface area contributed by atoms with Gasteiger partial charge >= 0.3 is 0 Å². The second-order valence-corrected chi connectivity index (χ2v) is 8.00. The summed E-state index contributed by atoms with van der Waals surface area (Å²) in [5.74, 6) is 1.08. The number of hydrogen-bond donors (Lipinski definition) is 0. The fraction of sp³-hybridized carbons (Fsp3) is 0.360. The summed E-state index contributed by atoms with van der Waals surface area (Å²) in [6.07, 6.45) is 7.08. The second-order valence-electron chi connectivity index (χ2n) is 8.00. The second kappa shape index (κ2) is 8.74. The normalized spacial score (nSPS) is 13.2. The molecule has 2 heterocycles. The van der Waals surface area contributed by atoms with E-state index in [-0.39, 0.29) is 5.91 Å². The average molecular weight is 404 g/mol. The van der Waals surface area contributed by atoms with E-state index in [1.165, 1.54) is 16.7 Å². The summed E-state index contributed by atoms with van der Waals surface area (Å²) in [5, 5.41) is 4.30. The Morgan fingerprint density at radius 3 is 2.80 bits per heavy atom. The molecule has 0 bridgehead atoms. The number of hydrogen-bond acceptors (Lipinski definition) is 3. The molecule has 5 heteroatoms. The van der Waals surface area contributed by atoms with Crippen molar-refractivity contribution in [2.75, 3.05) is 18.1 Å². The zero-order chi connectivity index (χ0) is 21.1. The van der Waals surface area contributed by atoms with E-state index in [9.17, 15) is 4.79 Å². The highest BCUT2D eigenvalue weighted by molar-refractivity contribution is 5.96. The molecule has 3 aromatic rings. The smallest absolute Gasteiger partial charge is 0.227 e. The molecule has 156 valence electrons. The molecule has 0 radical (unpaired) electrons. The first-order valence-electron chi connectivity index (χ1n) is 10.6. The van der Waals surface area contributed by atoms with Gasteiger partial charge in [-0.2, -0.15) is 5.10 Å². The molecule has 0 fully saturated rings. The van der Waals surface area contributed by atoms with Crippen LogP contribution < -0.4 is 9.64 Å². The summed E-state index contributed by atoms with van der Waals surface area (Å²) in [7, 11) is 1.93. The van der Waals surface area contributed by atoms with Crippen molar-refractivity contribution in [3.8, 4) is 16.9 Å². The van der Waals surface area contributed by atoms with Gasteiger partial charge in [-0.25, -0.2) is 0 Å². The molecule has 1 aliphatic heterocycles. The van der Waals surface area contributed by atoms with Gasteiger partial charge in [-0.1, -0.05) is 24.3 Å². The van der Waals surface area contributed by atoms with E-state index in [0.717, 1.165) is 42.0 Å².